The van der Waals surface area contributed by atoms with Crippen molar-refractivity contribution in [1.29, 1.82) is 0 Å². The van der Waals surface area contributed by atoms with E-state index in [-0.39, 0.29) is 18.6 Å². The number of aliphatic hydroxyl groups excluding tert-OH is 1. The van der Waals surface area contributed by atoms with Crippen LogP contribution in [0.1, 0.15) is 17.5 Å². The van der Waals surface area contributed by atoms with Gasteiger partial charge in [0.05, 0.1) is 12.5 Å². The van der Waals surface area contributed by atoms with Gasteiger partial charge in [-0.25, -0.2) is 0 Å². The number of carbonyl (C=O) groups is 2. The number of hydrogen-bond donors (Lipinski definition) is 2. The van der Waals surface area contributed by atoms with Crippen molar-refractivity contribution >= 4 is 56.4 Å². The number of carbonyl (C=O) groups excluding carboxylic acids is 1. The van der Waals surface area contributed by atoms with Crippen LogP contribution in [0.4, 0.5) is 0 Å². The van der Waals surface area contributed by atoms with Gasteiger partial charge in [-0.05, 0) is 46.7 Å². The Morgan fingerprint density at radius 2 is 1.90 bits per heavy atom. The second-order valence-electron chi connectivity index (χ2n) is 6.58. The number of carboxylic acids is 1. The van der Waals surface area contributed by atoms with Crippen molar-refractivity contribution < 1.29 is 24.5 Å². The topological polar surface area (TPSA) is 83.8 Å². The Morgan fingerprint density at radius 3 is 2.59 bits per heavy atom. The highest BCUT2D eigenvalue weighted by atomic mass is 35.5. The fourth-order valence-corrected chi connectivity index (χ4v) is 4.33. The van der Waals surface area contributed by atoms with Gasteiger partial charge in [0.1, 0.15) is 18.1 Å². The molecule has 0 aliphatic carbocycles. The monoisotopic (exact) mass is 452 g/mol. The lowest BCUT2D eigenvalue weighted by atomic mass is 9.99. The van der Waals surface area contributed by atoms with Crippen molar-refractivity contribution in [3.8, 4) is 5.75 Å². The number of fused-ring (bicyclic) bond motifs is 1. The minimum Gasteiger partial charge on any atom is -0.489 e. The van der Waals surface area contributed by atoms with E-state index in [0.29, 0.717) is 22.4 Å². The summed E-state index contributed by atoms with van der Waals surface area (Å²) in [7, 11) is 0. The Kier molecular flexibility index (Phi) is 7.14. The first-order valence-electron chi connectivity index (χ1n) is 8.79. The summed E-state index contributed by atoms with van der Waals surface area (Å²) in [5.74, 6) is -1.77. The van der Waals surface area contributed by atoms with E-state index in [2.05, 4.69) is 0 Å². The standard InChI is InChI=1S/C21H18Cl2O5S/c22-15-2-1-12(19(23)7-15)10-28-17-3-4-18-14(11-29-20(18)8-17)6-16(25)5-13(9-24)21(26)27/h1-4,7-8,11,13,24H,5-6,9-10H2,(H,26,27). The van der Waals surface area contributed by atoms with Gasteiger partial charge >= 0.3 is 5.97 Å². The second kappa shape index (κ2) is 9.59. The predicted molar refractivity (Wildman–Crippen MR) is 114 cm³/mol. The third-order valence-corrected chi connectivity index (χ3v) is 6.05. The molecule has 3 rings (SSSR count). The van der Waals surface area contributed by atoms with Crippen LogP contribution in [0.25, 0.3) is 10.1 Å². The van der Waals surface area contributed by atoms with Crippen LogP contribution in [0.15, 0.2) is 41.8 Å². The lowest BCUT2D eigenvalue weighted by Gasteiger charge is -2.09. The quantitative estimate of drug-likeness (QED) is 0.478. The highest BCUT2D eigenvalue weighted by molar-refractivity contribution is 7.17. The van der Waals surface area contributed by atoms with Gasteiger partial charge in [0.15, 0.2) is 0 Å². The number of carboxylic acid groups (broad SMARTS) is 1. The molecule has 0 saturated carbocycles. The molecule has 3 aromatic rings. The number of halogens is 2. The van der Waals surface area contributed by atoms with Gasteiger partial charge in [0.2, 0.25) is 0 Å². The van der Waals surface area contributed by atoms with Crippen LogP contribution >= 0.6 is 34.5 Å². The lowest BCUT2D eigenvalue weighted by molar-refractivity contribution is -0.145. The third-order valence-electron chi connectivity index (χ3n) is 4.47. The van der Waals surface area contributed by atoms with Crippen LogP contribution in [-0.2, 0) is 22.6 Å². The maximum absolute atomic E-state index is 12.2. The molecule has 1 aromatic heterocycles. The highest BCUT2D eigenvalue weighted by Crippen LogP contribution is 2.31. The fraction of sp³-hybridized carbons (Fsp3) is 0.238. The lowest BCUT2D eigenvalue weighted by Crippen LogP contribution is -2.22. The van der Waals surface area contributed by atoms with Crippen molar-refractivity contribution in [1.82, 2.24) is 0 Å². The molecule has 0 bridgehead atoms. The Labute approximate surface area is 181 Å². The zero-order valence-corrected chi connectivity index (χ0v) is 17.6. The molecule has 0 radical (unpaired) electrons. The molecular weight excluding hydrogens is 435 g/mol. The average Bonchev–Trinajstić information content (AvgIpc) is 3.07. The molecular formula is C21H18Cl2O5S. The normalized spacial score (nSPS) is 12.1. The number of ether oxygens (including phenoxy) is 1. The smallest absolute Gasteiger partial charge is 0.309 e. The molecule has 1 heterocycles. The third kappa shape index (κ3) is 5.48. The number of aliphatic hydroxyl groups is 1. The van der Waals surface area contributed by atoms with Gasteiger partial charge in [0, 0.05) is 33.2 Å². The largest absolute Gasteiger partial charge is 0.489 e. The van der Waals surface area contributed by atoms with Gasteiger partial charge in [-0.2, -0.15) is 0 Å². The van der Waals surface area contributed by atoms with Crippen LogP contribution in [0.2, 0.25) is 10.0 Å². The van der Waals surface area contributed by atoms with E-state index in [1.807, 2.05) is 29.6 Å². The van der Waals surface area contributed by atoms with Crippen molar-refractivity contribution in [2.45, 2.75) is 19.4 Å². The number of rotatable bonds is 9. The summed E-state index contributed by atoms with van der Waals surface area (Å²) < 4.78 is 6.79. The number of thiophene rings is 1. The van der Waals surface area contributed by atoms with E-state index in [1.165, 1.54) is 11.3 Å². The van der Waals surface area contributed by atoms with Crippen LogP contribution in [0.3, 0.4) is 0 Å². The van der Waals surface area contributed by atoms with Crippen LogP contribution in [0.5, 0.6) is 5.75 Å². The summed E-state index contributed by atoms with van der Waals surface area (Å²) in [5.41, 5.74) is 1.66. The number of benzene rings is 2. The summed E-state index contributed by atoms with van der Waals surface area (Å²) >= 11 is 13.5. The number of hydrogen-bond acceptors (Lipinski definition) is 5. The summed E-state index contributed by atoms with van der Waals surface area (Å²) in [6.45, 7) is -0.250. The first-order chi connectivity index (χ1) is 13.9. The van der Waals surface area contributed by atoms with Crippen molar-refractivity contribution in [2.24, 2.45) is 5.92 Å². The molecule has 1 atom stereocenters. The molecule has 29 heavy (non-hydrogen) atoms. The maximum Gasteiger partial charge on any atom is 0.309 e. The first-order valence-corrected chi connectivity index (χ1v) is 10.4. The highest BCUT2D eigenvalue weighted by Gasteiger charge is 2.21. The van der Waals surface area contributed by atoms with Crippen molar-refractivity contribution in [2.75, 3.05) is 6.61 Å². The zero-order valence-electron chi connectivity index (χ0n) is 15.2. The molecule has 1 unspecified atom stereocenters. The van der Waals surface area contributed by atoms with E-state index in [0.717, 1.165) is 21.2 Å². The van der Waals surface area contributed by atoms with Gasteiger partial charge in [0.25, 0.3) is 0 Å². The van der Waals surface area contributed by atoms with E-state index in [4.69, 9.17) is 38.2 Å². The van der Waals surface area contributed by atoms with Crippen molar-refractivity contribution in [3.63, 3.8) is 0 Å². The van der Waals surface area contributed by atoms with E-state index < -0.39 is 18.5 Å². The fourth-order valence-electron chi connectivity index (χ4n) is 2.88. The maximum atomic E-state index is 12.2. The predicted octanol–water partition coefficient (Wildman–Crippen LogP) is 4.98. The summed E-state index contributed by atoms with van der Waals surface area (Å²) in [6, 6.07) is 10.8. The molecule has 2 N–H and O–H groups in total. The minimum absolute atomic E-state index is 0.129. The molecule has 0 spiro atoms. The number of aliphatic carboxylic acids is 1. The van der Waals surface area contributed by atoms with Gasteiger partial charge in [-0.1, -0.05) is 29.3 Å². The Bertz CT molecular complexity index is 1050. The minimum atomic E-state index is -1.17. The second-order valence-corrected chi connectivity index (χ2v) is 8.34. The van der Waals surface area contributed by atoms with Gasteiger partial charge in [-0.3, -0.25) is 9.59 Å². The Morgan fingerprint density at radius 1 is 1.10 bits per heavy atom. The summed E-state index contributed by atoms with van der Waals surface area (Å²) in [5, 5.41) is 22.0. The van der Waals surface area contributed by atoms with Gasteiger partial charge in [-0.15, -0.1) is 11.3 Å². The molecule has 5 nitrogen and oxygen atoms in total. The summed E-state index contributed by atoms with van der Waals surface area (Å²) in [6.07, 6.45) is -0.0589. The molecule has 2 aromatic carbocycles. The van der Waals surface area contributed by atoms with E-state index in [9.17, 15) is 9.59 Å². The zero-order chi connectivity index (χ0) is 21.0. The number of ketones is 1. The van der Waals surface area contributed by atoms with E-state index >= 15 is 0 Å². The molecule has 8 heteroatoms. The average molecular weight is 453 g/mol. The Balaban J connectivity index is 1.67. The molecule has 0 saturated heterocycles. The molecule has 0 aliphatic heterocycles. The van der Waals surface area contributed by atoms with E-state index in [1.54, 1.807) is 12.1 Å². The van der Waals surface area contributed by atoms with Crippen molar-refractivity contribution in [3.05, 3.63) is 63.0 Å². The molecule has 0 fully saturated rings. The molecule has 0 aliphatic rings. The first kappa shape index (κ1) is 21.6. The molecule has 152 valence electrons. The van der Waals surface area contributed by atoms with Crippen LogP contribution in [-0.4, -0.2) is 28.6 Å². The van der Waals surface area contributed by atoms with Crippen LogP contribution < -0.4 is 4.74 Å². The molecule has 0 amide bonds. The van der Waals surface area contributed by atoms with Crippen LogP contribution in [0, 0.1) is 5.92 Å². The summed E-state index contributed by atoms with van der Waals surface area (Å²) in [4.78, 5) is 23.2. The Hall–Kier alpha value is -2.12. The number of Topliss-reactive ketones (excluding diaryl/α,β-unsaturated/α-hetero) is 1. The van der Waals surface area contributed by atoms with Gasteiger partial charge < -0.3 is 14.9 Å². The SMILES string of the molecule is O=C(Cc1csc2cc(OCc3ccc(Cl)cc3Cl)ccc12)CC(CO)C(=O)O.